The van der Waals surface area contributed by atoms with Crippen molar-refractivity contribution in [3.63, 3.8) is 0 Å². The van der Waals surface area contributed by atoms with Crippen LogP contribution in [0.1, 0.15) is 35.8 Å². The first-order valence-corrected chi connectivity index (χ1v) is 6.25. The zero-order valence-corrected chi connectivity index (χ0v) is 10.5. The van der Waals surface area contributed by atoms with E-state index in [4.69, 9.17) is 0 Å². The van der Waals surface area contributed by atoms with Gasteiger partial charge < -0.3 is 10.2 Å². The molecule has 0 bridgehead atoms. The van der Waals surface area contributed by atoms with E-state index in [0.29, 0.717) is 11.6 Å². The molecule has 5 nitrogen and oxygen atoms in total. The van der Waals surface area contributed by atoms with Crippen molar-refractivity contribution in [1.29, 1.82) is 0 Å². The van der Waals surface area contributed by atoms with Gasteiger partial charge in [-0.25, -0.2) is 0 Å². The van der Waals surface area contributed by atoms with E-state index in [-0.39, 0.29) is 5.91 Å². The van der Waals surface area contributed by atoms with Crippen LogP contribution in [-0.4, -0.2) is 46.7 Å². The van der Waals surface area contributed by atoms with Crippen LogP contribution in [0.5, 0.6) is 0 Å². The fourth-order valence-electron chi connectivity index (χ4n) is 2.31. The molecule has 2 heterocycles. The molecular weight excluding hydrogens is 216 g/mol. The Labute approximate surface area is 102 Å². The first kappa shape index (κ1) is 12.1. The molecule has 1 fully saturated rings. The predicted octanol–water partition coefficient (Wildman–Crippen LogP) is 0.932. The van der Waals surface area contributed by atoms with Crippen LogP contribution in [0.3, 0.4) is 0 Å². The Hall–Kier alpha value is -1.36. The number of aromatic nitrogens is 2. The quantitative estimate of drug-likeness (QED) is 0.821. The van der Waals surface area contributed by atoms with Gasteiger partial charge >= 0.3 is 0 Å². The highest BCUT2D eigenvalue weighted by Crippen LogP contribution is 2.14. The molecule has 0 aliphatic carbocycles. The van der Waals surface area contributed by atoms with Crippen LogP contribution in [0.15, 0.2) is 6.20 Å². The lowest BCUT2D eigenvalue weighted by Gasteiger charge is -2.32. The van der Waals surface area contributed by atoms with Gasteiger partial charge in [-0.3, -0.25) is 9.89 Å². The maximum absolute atomic E-state index is 12.2. The number of nitrogens with one attached hydrogen (secondary N) is 2. The standard InChI is InChI=1S/C12H20N4O/c1-3-13-10-4-6-16(7-5-10)12(17)11-8-14-15-9(11)2/h8,10,13H,3-7H2,1-2H3,(H,14,15). The largest absolute Gasteiger partial charge is 0.338 e. The number of likely N-dealkylation sites (tertiary alicyclic amines) is 1. The van der Waals surface area contributed by atoms with Crippen molar-refractivity contribution >= 4 is 5.91 Å². The Balaban J connectivity index is 1.93. The number of amides is 1. The fraction of sp³-hybridized carbons (Fsp3) is 0.667. The monoisotopic (exact) mass is 236 g/mol. The summed E-state index contributed by atoms with van der Waals surface area (Å²) in [5.74, 6) is 0.103. The summed E-state index contributed by atoms with van der Waals surface area (Å²) in [4.78, 5) is 14.1. The van der Waals surface area contributed by atoms with Crippen LogP contribution in [0, 0.1) is 6.92 Å². The summed E-state index contributed by atoms with van der Waals surface area (Å²) in [7, 11) is 0. The van der Waals surface area contributed by atoms with Crippen molar-refractivity contribution in [2.75, 3.05) is 19.6 Å². The van der Waals surface area contributed by atoms with Crippen molar-refractivity contribution in [3.8, 4) is 0 Å². The zero-order valence-electron chi connectivity index (χ0n) is 10.5. The molecule has 1 amide bonds. The predicted molar refractivity (Wildman–Crippen MR) is 65.9 cm³/mol. The number of aromatic amines is 1. The minimum atomic E-state index is 0.103. The number of nitrogens with zero attached hydrogens (tertiary/aromatic N) is 2. The highest BCUT2D eigenvalue weighted by molar-refractivity contribution is 5.95. The third-order valence-electron chi connectivity index (χ3n) is 3.34. The van der Waals surface area contributed by atoms with Crippen molar-refractivity contribution in [2.45, 2.75) is 32.7 Å². The van der Waals surface area contributed by atoms with Gasteiger partial charge in [0.2, 0.25) is 0 Å². The number of aryl methyl sites for hydroxylation is 1. The van der Waals surface area contributed by atoms with E-state index in [2.05, 4.69) is 22.4 Å². The average Bonchev–Trinajstić information content (AvgIpc) is 2.76. The Morgan fingerprint density at radius 2 is 2.29 bits per heavy atom. The molecule has 0 unspecified atom stereocenters. The van der Waals surface area contributed by atoms with E-state index in [1.807, 2.05) is 11.8 Å². The second kappa shape index (κ2) is 5.31. The molecule has 0 aromatic carbocycles. The number of hydrogen-bond acceptors (Lipinski definition) is 3. The topological polar surface area (TPSA) is 61.0 Å². The van der Waals surface area contributed by atoms with Crippen LogP contribution >= 0.6 is 0 Å². The molecule has 0 spiro atoms. The molecule has 5 heteroatoms. The number of piperidine rings is 1. The molecule has 1 aliphatic rings. The third kappa shape index (κ3) is 2.66. The molecule has 1 aromatic heterocycles. The van der Waals surface area contributed by atoms with Crippen molar-refractivity contribution in [2.24, 2.45) is 0 Å². The minimum Gasteiger partial charge on any atom is -0.338 e. The van der Waals surface area contributed by atoms with Gasteiger partial charge in [-0.1, -0.05) is 6.92 Å². The van der Waals surface area contributed by atoms with E-state index in [0.717, 1.165) is 38.2 Å². The van der Waals surface area contributed by atoms with Gasteiger partial charge in [0.15, 0.2) is 0 Å². The van der Waals surface area contributed by atoms with Crippen LogP contribution in [0.2, 0.25) is 0 Å². The van der Waals surface area contributed by atoms with Gasteiger partial charge in [0, 0.05) is 24.8 Å². The molecule has 1 saturated heterocycles. The maximum atomic E-state index is 12.2. The number of carbonyl (C=O) groups excluding carboxylic acids is 1. The van der Waals surface area contributed by atoms with E-state index in [9.17, 15) is 4.79 Å². The van der Waals surface area contributed by atoms with Gasteiger partial charge in [0.25, 0.3) is 5.91 Å². The highest BCUT2D eigenvalue weighted by atomic mass is 16.2. The van der Waals surface area contributed by atoms with Crippen molar-refractivity contribution in [1.82, 2.24) is 20.4 Å². The summed E-state index contributed by atoms with van der Waals surface area (Å²) in [6.07, 6.45) is 3.70. The smallest absolute Gasteiger partial charge is 0.257 e. The Kier molecular flexibility index (Phi) is 3.78. The number of H-pyrrole nitrogens is 1. The van der Waals surface area contributed by atoms with Crippen LogP contribution < -0.4 is 5.32 Å². The Morgan fingerprint density at radius 3 is 2.82 bits per heavy atom. The van der Waals surface area contributed by atoms with Crippen LogP contribution in [-0.2, 0) is 0 Å². The second-order valence-electron chi connectivity index (χ2n) is 4.53. The molecule has 1 aliphatic heterocycles. The van der Waals surface area contributed by atoms with E-state index >= 15 is 0 Å². The highest BCUT2D eigenvalue weighted by Gasteiger charge is 2.24. The maximum Gasteiger partial charge on any atom is 0.257 e. The zero-order chi connectivity index (χ0) is 12.3. The molecular formula is C12H20N4O. The lowest BCUT2D eigenvalue weighted by molar-refractivity contribution is 0.0705. The lowest BCUT2D eigenvalue weighted by atomic mass is 10.0. The molecule has 0 radical (unpaired) electrons. The molecule has 0 saturated carbocycles. The first-order chi connectivity index (χ1) is 8.22. The molecule has 1 aromatic rings. The van der Waals surface area contributed by atoms with E-state index in [1.54, 1.807) is 6.20 Å². The SMILES string of the molecule is CCNC1CCN(C(=O)c2cn[nH]c2C)CC1. The molecule has 2 rings (SSSR count). The second-order valence-corrected chi connectivity index (χ2v) is 4.53. The van der Waals surface area contributed by atoms with Gasteiger partial charge in [0.1, 0.15) is 0 Å². The molecule has 94 valence electrons. The van der Waals surface area contributed by atoms with Crippen LogP contribution in [0.25, 0.3) is 0 Å². The fourth-order valence-corrected chi connectivity index (χ4v) is 2.31. The van der Waals surface area contributed by atoms with E-state index in [1.165, 1.54) is 0 Å². The van der Waals surface area contributed by atoms with Gasteiger partial charge in [-0.05, 0) is 26.3 Å². The first-order valence-electron chi connectivity index (χ1n) is 6.25. The van der Waals surface area contributed by atoms with E-state index < -0.39 is 0 Å². The summed E-state index contributed by atoms with van der Waals surface area (Å²) < 4.78 is 0. The van der Waals surface area contributed by atoms with Gasteiger partial charge in [-0.15, -0.1) is 0 Å². The number of rotatable bonds is 3. The van der Waals surface area contributed by atoms with Gasteiger partial charge in [-0.2, -0.15) is 5.10 Å². The minimum absolute atomic E-state index is 0.103. The Morgan fingerprint density at radius 1 is 1.59 bits per heavy atom. The number of carbonyl (C=O) groups is 1. The third-order valence-corrected chi connectivity index (χ3v) is 3.34. The summed E-state index contributed by atoms with van der Waals surface area (Å²) in [5.41, 5.74) is 1.55. The molecule has 0 atom stereocenters. The summed E-state index contributed by atoms with van der Waals surface area (Å²) >= 11 is 0. The molecule has 17 heavy (non-hydrogen) atoms. The normalized spacial score (nSPS) is 17.4. The average molecular weight is 236 g/mol. The lowest BCUT2D eigenvalue weighted by Crippen LogP contribution is -2.44. The summed E-state index contributed by atoms with van der Waals surface area (Å²) in [6.45, 7) is 6.67. The molecule has 2 N–H and O–H groups in total. The summed E-state index contributed by atoms with van der Waals surface area (Å²) in [6, 6.07) is 0.564. The van der Waals surface area contributed by atoms with Gasteiger partial charge in [0.05, 0.1) is 11.8 Å². The van der Waals surface area contributed by atoms with Crippen molar-refractivity contribution in [3.05, 3.63) is 17.5 Å². The van der Waals surface area contributed by atoms with Crippen LogP contribution in [0.4, 0.5) is 0 Å². The summed E-state index contributed by atoms with van der Waals surface area (Å²) in [5, 5.41) is 10.1. The van der Waals surface area contributed by atoms with Crippen molar-refractivity contribution < 1.29 is 4.79 Å². The number of hydrogen-bond donors (Lipinski definition) is 2. The Bertz CT molecular complexity index is 380.